The van der Waals surface area contributed by atoms with Crippen LogP contribution in [0.15, 0.2) is 143 Å². The summed E-state index contributed by atoms with van der Waals surface area (Å²) in [4.78, 5) is 45.0. The maximum absolute atomic E-state index is 14.3. The molecular weight excluding hydrogens is 689 g/mol. The van der Waals surface area contributed by atoms with Gasteiger partial charge in [-0.3, -0.25) is 9.59 Å². The standard InChI is InChI=1S/C41H46N4O5SSi/c1-41(2,3)52(32-21-13-7-14-22-32,33-23-15-8-16-24-33)50-27-31(42)28-51-34-25-26-44-38(46)37(34)45(40(48)49-4)39(47)36(43)35(29-17-9-5-10-18-29)30-19-11-6-12-20-30/h5-26,31,35-36H,27-28,42-43H2,1-4H3,(H,44,46)/t31-,36+/m1/s1. The lowest BCUT2D eigenvalue weighted by Crippen LogP contribution is -2.67. The SMILES string of the molecule is COC(=O)N(C(=O)[C@@H](N)C(c1ccccc1)c1ccccc1)c1c(SC[C@H](N)CO[Si](c2ccccc2)(c2ccccc2)C(C)(C)C)cc[nH]c1=O. The van der Waals surface area contributed by atoms with Gasteiger partial charge in [0.25, 0.3) is 19.8 Å². The van der Waals surface area contributed by atoms with Crippen molar-refractivity contribution < 1.29 is 18.8 Å². The lowest BCUT2D eigenvalue weighted by molar-refractivity contribution is -0.119. The summed E-state index contributed by atoms with van der Waals surface area (Å²) in [6, 6.07) is 39.2. The molecule has 1 aromatic heterocycles. The Hall–Kier alpha value is -4.78. The van der Waals surface area contributed by atoms with Crippen molar-refractivity contribution in [3.8, 4) is 0 Å². The van der Waals surface area contributed by atoms with Crippen LogP contribution in [-0.2, 0) is 14.0 Å². The first kappa shape index (κ1) is 38.4. The molecule has 5 N–H and O–H groups in total. The van der Waals surface area contributed by atoms with Gasteiger partial charge in [0.2, 0.25) is 0 Å². The van der Waals surface area contributed by atoms with Gasteiger partial charge in [-0.25, -0.2) is 9.69 Å². The van der Waals surface area contributed by atoms with E-state index in [9.17, 15) is 14.4 Å². The molecule has 0 saturated carbocycles. The molecular formula is C41H46N4O5SSi. The van der Waals surface area contributed by atoms with Gasteiger partial charge in [-0.2, -0.15) is 0 Å². The number of rotatable bonds is 13. The topological polar surface area (TPSA) is 141 Å². The normalized spacial score (nSPS) is 13.0. The predicted octanol–water partition coefficient (Wildman–Crippen LogP) is 5.63. The number of aromatic amines is 1. The number of hydrogen-bond donors (Lipinski definition) is 3. The number of carbonyl (C=O) groups is 2. The number of carbonyl (C=O) groups excluding carboxylic acids is 2. The summed E-state index contributed by atoms with van der Waals surface area (Å²) in [5, 5.41) is 2.04. The molecule has 4 aromatic carbocycles. The lowest BCUT2D eigenvalue weighted by Gasteiger charge is -2.43. The Labute approximate surface area is 310 Å². The molecule has 0 unspecified atom stereocenters. The molecule has 52 heavy (non-hydrogen) atoms. The van der Waals surface area contributed by atoms with Crippen molar-refractivity contribution >= 4 is 48.1 Å². The molecule has 9 nitrogen and oxygen atoms in total. The predicted molar refractivity (Wildman–Crippen MR) is 212 cm³/mol. The molecule has 270 valence electrons. The van der Waals surface area contributed by atoms with Crippen molar-refractivity contribution in [3.63, 3.8) is 0 Å². The first-order valence-electron chi connectivity index (χ1n) is 17.1. The average molecular weight is 735 g/mol. The molecule has 0 aliphatic carbocycles. The van der Waals surface area contributed by atoms with Crippen LogP contribution in [0.5, 0.6) is 0 Å². The summed E-state index contributed by atoms with van der Waals surface area (Å²) in [6.45, 7) is 6.83. The first-order chi connectivity index (χ1) is 25.0. The lowest BCUT2D eigenvalue weighted by atomic mass is 9.85. The molecule has 2 amide bonds. The summed E-state index contributed by atoms with van der Waals surface area (Å²) in [5.74, 6) is -1.09. The third-order valence-corrected chi connectivity index (χ3v) is 15.3. The number of aromatic nitrogens is 1. The maximum Gasteiger partial charge on any atom is 0.421 e. The Morgan fingerprint density at radius 1 is 0.788 bits per heavy atom. The smallest absolute Gasteiger partial charge is 0.421 e. The number of amides is 2. The molecule has 5 rings (SSSR count). The van der Waals surface area contributed by atoms with E-state index < -0.39 is 43.9 Å². The Kier molecular flexibility index (Phi) is 12.7. The van der Waals surface area contributed by atoms with E-state index in [0.29, 0.717) is 10.6 Å². The van der Waals surface area contributed by atoms with Crippen LogP contribution in [0.3, 0.4) is 0 Å². The summed E-state index contributed by atoms with van der Waals surface area (Å²) in [7, 11) is -1.69. The van der Waals surface area contributed by atoms with Gasteiger partial charge >= 0.3 is 6.09 Å². The van der Waals surface area contributed by atoms with Crippen LogP contribution in [-0.4, -0.2) is 56.9 Å². The Balaban J connectivity index is 1.43. The summed E-state index contributed by atoms with van der Waals surface area (Å²) in [6.07, 6.45) is 0.438. The van der Waals surface area contributed by atoms with Gasteiger partial charge in [-0.05, 0) is 32.6 Å². The highest BCUT2D eigenvalue weighted by molar-refractivity contribution is 7.99. The molecule has 0 aliphatic rings. The van der Waals surface area contributed by atoms with Crippen molar-refractivity contribution in [2.45, 2.75) is 48.7 Å². The van der Waals surface area contributed by atoms with Gasteiger partial charge in [-0.1, -0.05) is 142 Å². The van der Waals surface area contributed by atoms with Crippen molar-refractivity contribution in [1.82, 2.24) is 4.98 Å². The van der Waals surface area contributed by atoms with E-state index in [2.05, 4.69) is 50.0 Å². The third-order valence-electron chi connectivity index (χ3n) is 9.04. The van der Waals surface area contributed by atoms with E-state index in [0.717, 1.165) is 33.5 Å². The van der Waals surface area contributed by atoms with Crippen LogP contribution >= 0.6 is 11.8 Å². The fourth-order valence-electron chi connectivity index (χ4n) is 6.62. The number of benzene rings is 4. The zero-order chi connectivity index (χ0) is 37.3. The Morgan fingerprint density at radius 3 is 1.73 bits per heavy atom. The molecule has 0 spiro atoms. The highest BCUT2D eigenvalue weighted by atomic mass is 32.2. The van der Waals surface area contributed by atoms with E-state index in [1.807, 2.05) is 97.1 Å². The second-order valence-electron chi connectivity index (χ2n) is 13.5. The number of anilines is 1. The van der Waals surface area contributed by atoms with E-state index in [1.165, 1.54) is 18.0 Å². The minimum Gasteiger partial charge on any atom is -0.452 e. The van der Waals surface area contributed by atoms with Gasteiger partial charge < -0.3 is 25.6 Å². The largest absolute Gasteiger partial charge is 0.452 e. The summed E-state index contributed by atoms with van der Waals surface area (Å²) in [5.41, 5.74) is 14.2. The highest BCUT2D eigenvalue weighted by Gasteiger charge is 2.50. The van der Waals surface area contributed by atoms with Gasteiger partial charge in [-0.15, -0.1) is 11.8 Å². The second kappa shape index (κ2) is 17.2. The Bertz CT molecular complexity index is 1900. The molecule has 0 radical (unpaired) electrons. The molecule has 11 heteroatoms. The molecule has 2 atom stereocenters. The molecule has 1 heterocycles. The van der Waals surface area contributed by atoms with Crippen LogP contribution in [0.4, 0.5) is 10.5 Å². The van der Waals surface area contributed by atoms with E-state index in [4.69, 9.17) is 20.6 Å². The van der Waals surface area contributed by atoms with Gasteiger partial charge in [0.05, 0.1) is 19.8 Å². The van der Waals surface area contributed by atoms with Crippen LogP contribution in [0.25, 0.3) is 0 Å². The van der Waals surface area contributed by atoms with Gasteiger partial charge in [0, 0.05) is 28.8 Å². The number of hydrogen-bond acceptors (Lipinski definition) is 8. The fourth-order valence-corrected chi connectivity index (χ4v) is 12.2. The van der Waals surface area contributed by atoms with Crippen molar-refractivity contribution in [2.24, 2.45) is 11.5 Å². The highest BCUT2D eigenvalue weighted by Crippen LogP contribution is 2.37. The Morgan fingerprint density at radius 2 is 1.27 bits per heavy atom. The number of H-pyrrole nitrogens is 1. The van der Waals surface area contributed by atoms with Crippen LogP contribution in [0, 0.1) is 0 Å². The van der Waals surface area contributed by atoms with E-state index in [-0.39, 0.29) is 17.3 Å². The molecule has 0 bridgehead atoms. The fraction of sp³-hybridized carbons (Fsp3) is 0.244. The van der Waals surface area contributed by atoms with E-state index in [1.54, 1.807) is 6.07 Å². The molecule has 0 fully saturated rings. The second-order valence-corrected chi connectivity index (χ2v) is 18.9. The maximum atomic E-state index is 14.3. The third kappa shape index (κ3) is 8.30. The van der Waals surface area contributed by atoms with Crippen LogP contribution in [0.2, 0.25) is 5.04 Å². The van der Waals surface area contributed by atoms with Gasteiger partial charge in [0.1, 0.15) is 5.69 Å². The molecule has 0 aliphatic heterocycles. The van der Waals surface area contributed by atoms with E-state index >= 15 is 0 Å². The number of ether oxygens (including phenoxy) is 1. The number of imide groups is 1. The minimum absolute atomic E-state index is 0.181. The van der Waals surface area contributed by atoms with Gasteiger partial charge in [0.15, 0.2) is 0 Å². The molecule has 0 saturated heterocycles. The number of nitrogens with two attached hydrogens (primary N) is 2. The molecule has 5 aromatic rings. The van der Waals surface area contributed by atoms with Crippen molar-refractivity contribution in [3.05, 3.63) is 155 Å². The zero-order valence-corrected chi connectivity index (χ0v) is 31.7. The quantitative estimate of drug-likeness (QED) is 0.105. The number of thioether (sulfide) groups is 1. The summed E-state index contributed by atoms with van der Waals surface area (Å²) < 4.78 is 12.1. The minimum atomic E-state index is -2.84. The first-order valence-corrected chi connectivity index (χ1v) is 20.0. The van der Waals surface area contributed by atoms with Crippen molar-refractivity contribution in [1.29, 1.82) is 0 Å². The summed E-state index contributed by atoms with van der Waals surface area (Å²) >= 11 is 1.25. The monoisotopic (exact) mass is 734 g/mol. The van der Waals surface area contributed by atoms with Crippen molar-refractivity contribution in [2.75, 3.05) is 24.4 Å². The number of nitrogens with one attached hydrogen (secondary N) is 1. The number of pyridine rings is 1. The van der Waals surface area contributed by atoms with Crippen LogP contribution in [0.1, 0.15) is 37.8 Å². The average Bonchev–Trinajstić information content (AvgIpc) is 3.16. The number of nitrogens with zero attached hydrogens (tertiary/aromatic N) is 1. The number of methoxy groups -OCH3 is 1. The zero-order valence-electron chi connectivity index (χ0n) is 29.9. The van der Waals surface area contributed by atoms with Crippen LogP contribution < -0.4 is 32.3 Å².